The zero-order valence-corrected chi connectivity index (χ0v) is 11.7. The molecule has 0 rings (SSSR count). The second-order valence-electron chi connectivity index (χ2n) is 3.54. The Hall–Kier alpha value is 0.270. The molecule has 0 bridgehead atoms. The largest absolute Gasteiger partial charge is 0.377 e. The zero-order valence-electron chi connectivity index (χ0n) is 10.7. The van der Waals surface area contributed by atoms with Gasteiger partial charge in [0.15, 0.2) is 6.29 Å². The van der Waals surface area contributed by atoms with E-state index in [1.54, 1.807) is 14.2 Å². The molecule has 0 amide bonds. The first-order chi connectivity index (χ1) is 7.78. The van der Waals surface area contributed by atoms with Gasteiger partial charge < -0.3 is 19.9 Å². The molecule has 0 spiro atoms. The van der Waals surface area contributed by atoms with Gasteiger partial charge in [0.2, 0.25) is 0 Å². The van der Waals surface area contributed by atoms with Gasteiger partial charge in [0.1, 0.15) is 0 Å². The molecule has 0 aromatic rings. The molecule has 0 aliphatic rings. The van der Waals surface area contributed by atoms with Crippen molar-refractivity contribution in [2.45, 2.75) is 32.2 Å². The molecule has 5 heteroatoms. The molecule has 0 aromatic heterocycles. The standard InChI is InChI=1S/C11H26NO3P/c1-4-15-10(9-12)5-7-16-8-6-11(13-2)14-3/h10-11,16H,4-9,12H2,1-3H3. The van der Waals surface area contributed by atoms with Crippen LogP contribution in [-0.2, 0) is 14.2 Å². The molecular formula is C11H26NO3P. The molecule has 0 saturated carbocycles. The third-order valence-corrected chi connectivity index (χ3v) is 3.68. The number of ether oxygens (including phenoxy) is 3. The van der Waals surface area contributed by atoms with Crippen LogP contribution < -0.4 is 5.73 Å². The lowest BCUT2D eigenvalue weighted by Crippen LogP contribution is -2.24. The van der Waals surface area contributed by atoms with E-state index in [2.05, 4.69) is 0 Å². The molecule has 0 radical (unpaired) electrons. The van der Waals surface area contributed by atoms with Crippen LogP contribution in [0, 0.1) is 0 Å². The van der Waals surface area contributed by atoms with Crippen molar-refractivity contribution in [3.05, 3.63) is 0 Å². The van der Waals surface area contributed by atoms with Crippen LogP contribution in [0.4, 0.5) is 0 Å². The third-order valence-electron chi connectivity index (χ3n) is 2.39. The first kappa shape index (κ1) is 16.3. The SMILES string of the molecule is CCOC(CN)CCPCCC(OC)OC. The van der Waals surface area contributed by atoms with Crippen molar-refractivity contribution in [1.82, 2.24) is 0 Å². The Bertz CT molecular complexity index is 145. The first-order valence-corrected chi connectivity index (χ1v) is 7.27. The van der Waals surface area contributed by atoms with E-state index in [1.807, 2.05) is 6.92 Å². The summed E-state index contributed by atoms with van der Waals surface area (Å²) < 4.78 is 15.7. The van der Waals surface area contributed by atoms with E-state index in [1.165, 1.54) is 6.16 Å². The Balaban J connectivity index is 3.37. The zero-order chi connectivity index (χ0) is 12.2. The van der Waals surface area contributed by atoms with Gasteiger partial charge in [-0.15, -0.1) is 8.58 Å². The van der Waals surface area contributed by atoms with Gasteiger partial charge in [0.25, 0.3) is 0 Å². The lowest BCUT2D eigenvalue weighted by molar-refractivity contribution is -0.102. The van der Waals surface area contributed by atoms with Crippen molar-refractivity contribution in [2.24, 2.45) is 5.73 Å². The Labute approximate surface area is 101 Å². The monoisotopic (exact) mass is 251 g/mol. The molecule has 0 aliphatic heterocycles. The topological polar surface area (TPSA) is 53.7 Å². The minimum atomic E-state index is -0.0512. The van der Waals surface area contributed by atoms with E-state index >= 15 is 0 Å². The Kier molecular flexibility index (Phi) is 11.9. The molecule has 2 N–H and O–H groups in total. The van der Waals surface area contributed by atoms with Crippen LogP contribution in [0.2, 0.25) is 0 Å². The molecule has 2 unspecified atom stereocenters. The van der Waals surface area contributed by atoms with Crippen molar-refractivity contribution in [3.8, 4) is 0 Å². The summed E-state index contributed by atoms with van der Waals surface area (Å²) in [7, 11) is 4.29. The van der Waals surface area contributed by atoms with Crippen molar-refractivity contribution in [2.75, 3.05) is 39.7 Å². The van der Waals surface area contributed by atoms with Gasteiger partial charge in [-0.2, -0.15) is 0 Å². The number of methoxy groups -OCH3 is 2. The smallest absolute Gasteiger partial charge is 0.157 e. The summed E-state index contributed by atoms with van der Waals surface area (Å²) in [6, 6.07) is 0. The van der Waals surface area contributed by atoms with Crippen LogP contribution >= 0.6 is 8.58 Å². The molecule has 0 saturated heterocycles. The summed E-state index contributed by atoms with van der Waals surface area (Å²) in [6.07, 6.45) is 4.54. The van der Waals surface area contributed by atoms with Crippen molar-refractivity contribution < 1.29 is 14.2 Å². The maximum atomic E-state index is 5.60. The van der Waals surface area contributed by atoms with Gasteiger partial charge in [-0.3, -0.25) is 0 Å². The molecule has 0 fully saturated rings. The second-order valence-corrected chi connectivity index (χ2v) is 5.04. The van der Waals surface area contributed by atoms with Gasteiger partial charge in [0, 0.05) is 33.8 Å². The molecule has 4 nitrogen and oxygen atoms in total. The maximum Gasteiger partial charge on any atom is 0.157 e. The van der Waals surface area contributed by atoms with Crippen LogP contribution in [-0.4, -0.2) is 52.1 Å². The Morgan fingerprint density at radius 2 is 1.75 bits per heavy atom. The minimum Gasteiger partial charge on any atom is -0.377 e. The summed E-state index contributed by atoms with van der Waals surface area (Å²) >= 11 is 0. The molecular weight excluding hydrogens is 225 g/mol. The summed E-state index contributed by atoms with van der Waals surface area (Å²) in [5.41, 5.74) is 5.60. The van der Waals surface area contributed by atoms with E-state index < -0.39 is 0 Å². The fourth-order valence-electron chi connectivity index (χ4n) is 1.44. The van der Waals surface area contributed by atoms with Gasteiger partial charge in [-0.05, 0) is 25.7 Å². The average Bonchev–Trinajstić information content (AvgIpc) is 2.32. The highest BCUT2D eigenvalue weighted by Crippen LogP contribution is 2.16. The number of hydrogen-bond donors (Lipinski definition) is 1. The van der Waals surface area contributed by atoms with Crippen molar-refractivity contribution in [1.29, 1.82) is 0 Å². The van der Waals surface area contributed by atoms with E-state index in [0.717, 1.165) is 34.2 Å². The first-order valence-electron chi connectivity index (χ1n) is 5.86. The van der Waals surface area contributed by atoms with E-state index in [9.17, 15) is 0 Å². The fourth-order valence-corrected chi connectivity index (χ4v) is 2.66. The maximum absolute atomic E-state index is 5.60. The quantitative estimate of drug-likeness (QED) is 0.343. The predicted octanol–water partition coefficient (Wildman–Crippen LogP) is 1.43. The predicted molar refractivity (Wildman–Crippen MR) is 69.6 cm³/mol. The fraction of sp³-hybridized carbons (Fsp3) is 1.00. The summed E-state index contributed by atoms with van der Waals surface area (Å²) in [4.78, 5) is 0. The molecule has 0 aromatic carbocycles. The van der Waals surface area contributed by atoms with Crippen molar-refractivity contribution in [3.63, 3.8) is 0 Å². The summed E-state index contributed by atoms with van der Waals surface area (Å²) in [5, 5.41) is 0. The second kappa shape index (κ2) is 11.7. The molecule has 16 heavy (non-hydrogen) atoms. The minimum absolute atomic E-state index is 0.0512. The third kappa shape index (κ3) is 8.43. The van der Waals surface area contributed by atoms with E-state index in [0.29, 0.717) is 6.54 Å². The Morgan fingerprint density at radius 3 is 2.25 bits per heavy atom. The number of rotatable bonds is 11. The van der Waals surface area contributed by atoms with Gasteiger partial charge in [-0.25, -0.2) is 0 Å². The highest BCUT2D eigenvalue weighted by molar-refractivity contribution is 7.37. The summed E-state index contributed by atoms with van der Waals surface area (Å²) in [5.74, 6) is 0. The lowest BCUT2D eigenvalue weighted by Gasteiger charge is -2.15. The van der Waals surface area contributed by atoms with Gasteiger partial charge in [-0.1, -0.05) is 0 Å². The van der Waals surface area contributed by atoms with Crippen molar-refractivity contribution >= 4 is 8.58 Å². The number of nitrogens with two attached hydrogens (primary N) is 1. The molecule has 98 valence electrons. The normalized spacial score (nSPS) is 14.1. The van der Waals surface area contributed by atoms with Gasteiger partial charge >= 0.3 is 0 Å². The highest BCUT2D eigenvalue weighted by atomic mass is 31.1. The summed E-state index contributed by atoms with van der Waals surface area (Å²) in [6.45, 7) is 3.38. The number of hydrogen-bond acceptors (Lipinski definition) is 4. The lowest BCUT2D eigenvalue weighted by atomic mass is 10.3. The van der Waals surface area contributed by atoms with Crippen LogP contribution in [0.15, 0.2) is 0 Å². The van der Waals surface area contributed by atoms with Crippen LogP contribution in [0.1, 0.15) is 19.8 Å². The average molecular weight is 251 g/mol. The van der Waals surface area contributed by atoms with Crippen LogP contribution in [0.25, 0.3) is 0 Å². The van der Waals surface area contributed by atoms with Crippen LogP contribution in [0.3, 0.4) is 0 Å². The molecule has 2 atom stereocenters. The van der Waals surface area contributed by atoms with E-state index in [-0.39, 0.29) is 12.4 Å². The van der Waals surface area contributed by atoms with E-state index in [4.69, 9.17) is 19.9 Å². The molecule has 0 aliphatic carbocycles. The molecule has 0 heterocycles. The Morgan fingerprint density at radius 1 is 1.12 bits per heavy atom. The van der Waals surface area contributed by atoms with Gasteiger partial charge in [0.05, 0.1) is 6.10 Å². The highest BCUT2D eigenvalue weighted by Gasteiger charge is 2.07. The van der Waals surface area contributed by atoms with Crippen LogP contribution in [0.5, 0.6) is 0 Å².